The summed E-state index contributed by atoms with van der Waals surface area (Å²) in [5.41, 5.74) is 17.3. The van der Waals surface area contributed by atoms with Crippen LogP contribution in [0.15, 0.2) is 170 Å². The Morgan fingerprint density at radius 2 is 1.10 bits per heavy atom. The Balaban J connectivity index is 1.12. The Bertz CT molecular complexity index is 3370. The number of quaternary nitrogens is 2. The lowest BCUT2D eigenvalue weighted by Gasteiger charge is -2.40. The standard InChI is InChI=1S/C62H61N4O/c1-40(2)51-22-18-23-52(41(3)4)60(51)44-33-48(66-39-65(66,57-25-16-17-26-58(57)66)47-32-43(42-19-12-11-13-20-42)31-46(35-47)62(8,9)10)37-50(34-44)67-49-27-28-54-53-21-14-15-24-55(53)64(56(54)38-49)59-36-45(29-30-63-59)61(5,6)7/h11-41H,1-10H3/q+1/t65-,66?/m0/s1. The van der Waals surface area contributed by atoms with E-state index in [0.717, 1.165) is 33.7 Å². The molecule has 1 fully saturated rings. The van der Waals surface area contributed by atoms with E-state index in [2.05, 4.69) is 244 Å². The van der Waals surface area contributed by atoms with Gasteiger partial charge >= 0.3 is 0 Å². The van der Waals surface area contributed by atoms with Crippen LogP contribution in [0.5, 0.6) is 11.5 Å². The second-order valence-electron chi connectivity index (χ2n) is 21.5. The quantitative estimate of drug-likeness (QED) is 0.0821. The van der Waals surface area contributed by atoms with E-state index in [1.807, 2.05) is 6.20 Å². The lowest BCUT2D eigenvalue weighted by atomic mass is 9.84. The van der Waals surface area contributed by atoms with Gasteiger partial charge in [-0.05, 0) is 104 Å². The molecular formula is C62H61N4O+. The van der Waals surface area contributed by atoms with Gasteiger partial charge in [0.2, 0.25) is 11.4 Å². The van der Waals surface area contributed by atoms with Crippen molar-refractivity contribution in [2.24, 2.45) is 0 Å². The Labute approximate surface area is 396 Å². The van der Waals surface area contributed by atoms with Crippen molar-refractivity contribution in [3.05, 3.63) is 199 Å². The van der Waals surface area contributed by atoms with Gasteiger partial charge in [0.05, 0.1) is 11.0 Å². The maximum atomic E-state index is 7.24. The molecule has 11 rings (SSSR count). The molecule has 67 heavy (non-hydrogen) atoms. The van der Waals surface area contributed by atoms with Crippen molar-refractivity contribution in [1.82, 2.24) is 18.7 Å². The van der Waals surface area contributed by atoms with Crippen molar-refractivity contribution in [3.63, 3.8) is 0 Å². The predicted molar refractivity (Wildman–Crippen MR) is 282 cm³/mol. The van der Waals surface area contributed by atoms with E-state index in [4.69, 9.17) is 9.72 Å². The molecule has 334 valence electrons. The number of benzene rings is 7. The molecule has 1 saturated heterocycles. The van der Waals surface area contributed by atoms with E-state index < -0.39 is 0 Å². The molecule has 0 spiro atoms. The molecule has 9 aromatic rings. The first kappa shape index (κ1) is 42.8. The first-order chi connectivity index (χ1) is 32.1. The second kappa shape index (κ2) is 15.4. The van der Waals surface area contributed by atoms with Gasteiger partial charge in [-0.25, -0.2) is 4.98 Å². The number of rotatable bonds is 9. The fraction of sp³-hybridized carbons (Fsp3) is 0.226. The van der Waals surface area contributed by atoms with Crippen molar-refractivity contribution in [3.8, 4) is 39.6 Å². The van der Waals surface area contributed by atoms with Crippen LogP contribution in [0.2, 0.25) is 0 Å². The van der Waals surface area contributed by atoms with Crippen LogP contribution in [0.3, 0.4) is 0 Å². The summed E-state index contributed by atoms with van der Waals surface area (Å²) in [4.78, 5) is 4.96. The molecule has 0 N–H and O–H groups in total. The summed E-state index contributed by atoms with van der Waals surface area (Å²) in [6.45, 7) is 25.5. The van der Waals surface area contributed by atoms with Crippen molar-refractivity contribution in [1.29, 1.82) is 0 Å². The molecule has 0 saturated carbocycles. The fourth-order valence-electron chi connectivity index (χ4n) is 10.8. The lowest BCUT2D eigenvalue weighted by molar-refractivity contribution is 0.423. The van der Waals surface area contributed by atoms with Crippen LogP contribution in [0, 0.1) is 6.67 Å². The molecule has 1 unspecified atom stereocenters. The molecule has 4 heterocycles. The Kier molecular flexibility index (Phi) is 9.83. The van der Waals surface area contributed by atoms with Gasteiger partial charge in [-0.2, -0.15) is 9.18 Å². The number of para-hydroxylation sites is 3. The largest absolute Gasteiger partial charge is 0.457 e. The van der Waals surface area contributed by atoms with E-state index in [9.17, 15) is 0 Å². The monoisotopic (exact) mass is 877 g/mol. The van der Waals surface area contributed by atoms with Gasteiger partial charge in [0.15, 0.2) is 18.0 Å². The third-order valence-electron chi connectivity index (χ3n) is 14.3. The highest BCUT2D eigenvalue weighted by Gasteiger charge is 2.78. The molecule has 2 aliphatic rings. The maximum Gasteiger partial charge on any atom is 0.225 e. The molecule has 2 aromatic heterocycles. The minimum Gasteiger partial charge on any atom is -0.457 e. The molecule has 0 aliphatic carbocycles. The van der Waals surface area contributed by atoms with E-state index in [0.29, 0.717) is 21.0 Å². The zero-order valence-electron chi connectivity index (χ0n) is 40.6. The molecule has 0 amide bonds. The van der Waals surface area contributed by atoms with Crippen LogP contribution < -0.4 is 13.9 Å². The summed E-state index contributed by atoms with van der Waals surface area (Å²) in [7, 11) is 0. The van der Waals surface area contributed by atoms with Gasteiger partial charge in [0.25, 0.3) is 0 Å². The van der Waals surface area contributed by atoms with Gasteiger partial charge in [-0.15, -0.1) is 0 Å². The molecule has 2 aliphatic heterocycles. The number of pyridine rings is 1. The molecule has 5 nitrogen and oxygen atoms in total. The average molecular weight is 878 g/mol. The summed E-state index contributed by atoms with van der Waals surface area (Å²) >= 11 is 0. The molecule has 2 atom stereocenters. The Morgan fingerprint density at radius 3 is 1.78 bits per heavy atom. The number of hydrogen-bond donors (Lipinski definition) is 0. The average Bonchev–Trinajstić information content (AvgIpc) is 3.81. The number of ether oxygens (including phenoxy) is 1. The summed E-state index contributed by atoms with van der Waals surface area (Å²) in [5, 5.41) is 2.35. The first-order valence-corrected chi connectivity index (χ1v) is 24.0. The maximum absolute atomic E-state index is 7.24. The summed E-state index contributed by atoms with van der Waals surface area (Å²) in [6, 6.07) is 60.5. The minimum absolute atomic E-state index is 0.0229. The number of hydrogen-bond acceptors (Lipinski definition) is 2. The minimum atomic E-state index is -0.0547. The van der Waals surface area contributed by atoms with Gasteiger partial charge in [-0.1, -0.05) is 154 Å². The molecule has 0 bridgehead atoms. The van der Waals surface area contributed by atoms with Crippen molar-refractivity contribution >= 4 is 44.6 Å². The normalized spacial score (nSPS) is 17.7. The van der Waals surface area contributed by atoms with Crippen LogP contribution in [0.25, 0.3) is 49.9 Å². The van der Waals surface area contributed by atoms with Crippen molar-refractivity contribution in [2.75, 3.05) is 0 Å². The smallest absolute Gasteiger partial charge is 0.225 e. The summed E-state index contributed by atoms with van der Waals surface area (Å²) < 4.78 is 10.7. The van der Waals surface area contributed by atoms with Crippen LogP contribution in [-0.4, -0.2) is 9.55 Å². The van der Waals surface area contributed by atoms with Crippen LogP contribution >= 0.6 is 0 Å². The third kappa shape index (κ3) is 6.77. The van der Waals surface area contributed by atoms with Crippen LogP contribution in [-0.2, 0) is 10.8 Å². The van der Waals surface area contributed by atoms with Gasteiger partial charge in [0, 0.05) is 59.4 Å². The lowest BCUT2D eigenvalue weighted by Crippen LogP contribution is -2.46. The second-order valence-corrected chi connectivity index (χ2v) is 21.5. The van der Waals surface area contributed by atoms with Crippen LogP contribution in [0.1, 0.15) is 103 Å². The van der Waals surface area contributed by atoms with E-state index >= 15 is 0 Å². The number of aromatic nitrogens is 2. The topological polar surface area (TPSA) is 27.1 Å². The summed E-state index contributed by atoms with van der Waals surface area (Å²) in [5.74, 6) is 3.13. The van der Waals surface area contributed by atoms with E-state index in [1.165, 1.54) is 72.6 Å². The highest BCUT2D eigenvalue weighted by atomic mass is 16.5. The Hall–Kier alpha value is -6.79. The summed E-state index contributed by atoms with van der Waals surface area (Å²) in [6.07, 6.45) is 1.94. The highest BCUT2D eigenvalue weighted by molar-refractivity contribution is 6.09. The van der Waals surface area contributed by atoms with Gasteiger partial charge < -0.3 is 4.74 Å². The molecule has 5 heteroatoms. The van der Waals surface area contributed by atoms with Crippen molar-refractivity contribution < 1.29 is 4.74 Å². The third-order valence-corrected chi connectivity index (χ3v) is 14.3. The van der Waals surface area contributed by atoms with Crippen molar-refractivity contribution in [2.45, 2.75) is 91.9 Å². The van der Waals surface area contributed by atoms with E-state index in [-0.39, 0.29) is 10.8 Å². The fourth-order valence-corrected chi connectivity index (χ4v) is 10.8. The zero-order chi connectivity index (χ0) is 46.6. The van der Waals surface area contributed by atoms with E-state index in [1.54, 1.807) is 0 Å². The number of nitrogens with zero attached hydrogens (tertiary/aromatic N) is 4. The SMILES string of the molecule is CC(C)c1cccc(C(C)C)c1-c1cc(Oc2ccc3c4ccccc4n(-c4cc(C(C)(C)C)ccn4)c3c2)cc([N+]23[CH-][N@+]2(c2cc(-c4ccccc4)cc(C(C)(C)C)c2)c2ccccc23)c1. The molecular weight excluding hydrogens is 817 g/mol. The molecule has 7 aromatic carbocycles. The molecule has 0 radical (unpaired) electrons. The van der Waals surface area contributed by atoms with Gasteiger partial charge in [0.1, 0.15) is 17.3 Å². The predicted octanol–water partition coefficient (Wildman–Crippen LogP) is 17.5. The number of fused-ring (bicyclic) bond motifs is 7. The van der Waals surface area contributed by atoms with Gasteiger partial charge in [-0.3, -0.25) is 4.57 Å². The van der Waals surface area contributed by atoms with Crippen LogP contribution in [0.4, 0.5) is 22.7 Å². The zero-order valence-corrected chi connectivity index (χ0v) is 40.6. The first-order valence-electron chi connectivity index (χ1n) is 24.0. The highest BCUT2D eigenvalue weighted by Crippen LogP contribution is 2.75. The Morgan fingerprint density at radius 1 is 0.493 bits per heavy atom.